The normalized spacial score (nSPS) is 22.0. The van der Waals surface area contributed by atoms with Crippen LogP contribution in [-0.2, 0) is 9.53 Å². The predicted octanol–water partition coefficient (Wildman–Crippen LogP) is 1.83. The van der Waals surface area contributed by atoms with E-state index in [1.54, 1.807) is 11.3 Å². The van der Waals surface area contributed by atoms with Crippen LogP contribution in [0.5, 0.6) is 0 Å². The summed E-state index contributed by atoms with van der Waals surface area (Å²) >= 11 is 1.68. The van der Waals surface area contributed by atoms with Crippen LogP contribution in [0.2, 0.25) is 0 Å². The lowest BCUT2D eigenvalue weighted by molar-refractivity contribution is -0.141. The van der Waals surface area contributed by atoms with Gasteiger partial charge in [-0.15, -0.1) is 11.3 Å². The van der Waals surface area contributed by atoms with Gasteiger partial charge in [-0.25, -0.2) is 9.97 Å². The van der Waals surface area contributed by atoms with Crippen LogP contribution >= 0.6 is 11.3 Å². The van der Waals surface area contributed by atoms with Crippen molar-refractivity contribution in [2.75, 3.05) is 37.7 Å². The molecule has 0 aromatic carbocycles. The molecule has 0 N–H and O–H groups in total. The van der Waals surface area contributed by atoms with Gasteiger partial charge in [-0.1, -0.05) is 0 Å². The second kappa shape index (κ2) is 6.05. The number of thiophene rings is 1. The van der Waals surface area contributed by atoms with Crippen molar-refractivity contribution in [3.05, 3.63) is 17.3 Å². The third-order valence-electron chi connectivity index (χ3n) is 4.49. The van der Waals surface area contributed by atoms with Crippen molar-refractivity contribution in [1.29, 1.82) is 0 Å². The fraction of sp³-hybridized carbons (Fsp3) is 0.562. The van der Waals surface area contributed by atoms with E-state index in [0.717, 1.165) is 60.9 Å². The summed E-state index contributed by atoms with van der Waals surface area (Å²) in [5, 5.41) is 2.06. The van der Waals surface area contributed by atoms with Gasteiger partial charge in [-0.2, -0.15) is 0 Å². The molecule has 6 nitrogen and oxygen atoms in total. The molecule has 4 rings (SSSR count). The summed E-state index contributed by atoms with van der Waals surface area (Å²) in [6, 6.07) is 2.04. The minimum Gasteiger partial charge on any atom is -0.368 e. The molecule has 2 aromatic rings. The molecule has 0 unspecified atom stereocenters. The molecule has 2 aliphatic heterocycles. The highest BCUT2D eigenvalue weighted by Gasteiger charge is 2.31. The summed E-state index contributed by atoms with van der Waals surface area (Å²) in [4.78, 5) is 25.8. The molecule has 0 aliphatic carbocycles. The molecule has 4 heterocycles. The van der Waals surface area contributed by atoms with Crippen LogP contribution in [0.15, 0.2) is 11.4 Å². The SMILES string of the molecule is Cc1nc(N2CCN(C(=O)[C@@H]3CCCO3)CC2)c2sccc2n1. The second-order valence-corrected chi connectivity index (χ2v) is 6.96. The average Bonchev–Trinajstić information content (AvgIpc) is 3.25. The number of amides is 1. The first-order chi connectivity index (χ1) is 11.2. The van der Waals surface area contributed by atoms with E-state index >= 15 is 0 Å². The van der Waals surface area contributed by atoms with Gasteiger partial charge < -0.3 is 14.5 Å². The van der Waals surface area contributed by atoms with Crippen molar-refractivity contribution in [2.24, 2.45) is 0 Å². The molecule has 2 aliphatic rings. The van der Waals surface area contributed by atoms with Crippen molar-refractivity contribution in [3.8, 4) is 0 Å². The van der Waals surface area contributed by atoms with E-state index in [0.29, 0.717) is 6.61 Å². The fourth-order valence-corrected chi connectivity index (χ4v) is 4.14. The molecule has 122 valence electrons. The van der Waals surface area contributed by atoms with Gasteiger partial charge in [-0.05, 0) is 31.2 Å². The zero-order valence-electron chi connectivity index (χ0n) is 13.2. The quantitative estimate of drug-likeness (QED) is 0.840. The van der Waals surface area contributed by atoms with E-state index in [1.165, 1.54) is 0 Å². The predicted molar refractivity (Wildman–Crippen MR) is 89.9 cm³/mol. The number of rotatable bonds is 2. The molecule has 7 heteroatoms. The minimum atomic E-state index is -0.216. The van der Waals surface area contributed by atoms with Gasteiger partial charge in [0.15, 0.2) is 0 Å². The number of aryl methyl sites for hydroxylation is 1. The van der Waals surface area contributed by atoms with Crippen LogP contribution in [0.25, 0.3) is 10.2 Å². The van der Waals surface area contributed by atoms with E-state index in [-0.39, 0.29) is 12.0 Å². The molecule has 0 radical (unpaired) electrons. The first kappa shape index (κ1) is 14.8. The summed E-state index contributed by atoms with van der Waals surface area (Å²) in [7, 11) is 0. The average molecular weight is 332 g/mol. The summed E-state index contributed by atoms with van der Waals surface area (Å²) in [6.07, 6.45) is 1.64. The Hall–Kier alpha value is -1.73. The summed E-state index contributed by atoms with van der Waals surface area (Å²) < 4.78 is 6.65. The van der Waals surface area contributed by atoms with Crippen molar-refractivity contribution in [1.82, 2.24) is 14.9 Å². The minimum absolute atomic E-state index is 0.155. The molecule has 0 bridgehead atoms. The molecule has 2 saturated heterocycles. The standard InChI is InChI=1S/C16H20N4O2S/c1-11-17-12-4-10-23-14(12)15(18-11)19-5-7-20(8-6-19)16(21)13-3-2-9-22-13/h4,10,13H,2-3,5-9H2,1H3/t13-/m0/s1. The molecule has 23 heavy (non-hydrogen) atoms. The maximum atomic E-state index is 12.4. The maximum Gasteiger partial charge on any atom is 0.251 e. The second-order valence-electron chi connectivity index (χ2n) is 6.04. The van der Waals surface area contributed by atoms with E-state index in [2.05, 4.69) is 20.2 Å². The number of hydrogen-bond acceptors (Lipinski definition) is 6. The number of carbonyl (C=O) groups is 1. The van der Waals surface area contributed by atoms with Crippen molar-refractivity contribution >= 4 is 33.3 Å². The van der Waals surface area contributed by atoms with Crippen LogP contribution in [0.4, 0.5) is 5.82 Å². The largest absolute Gasteiger partial charge is 0.368 e. The number of ether oxygens (including phenoxy) is 1. The molecular weight excluding hydrogens is 312 g/mol. The van der Waals surface area contributed by atoms with Gasteiger partial charge >= 0.3 is 0 Å². The Bertz CT molecular complexity index is 718. The smallest absolute Gasteiger partial charge is 0.251 e. The number of carbonyl (C=O) groups excluding carboxylic acids is 1. The Morgan fingerprint density at radius 2 is 2.13 bits per heavy atom. The van der Waals surface area contributed by atoms with E-state index < -0.39 is 0 Å². The van der Waals surface area contributed by atoms with Gasteiger partial charge in [0.1, 0.15) is 17.7 Å². The zero-order valence-corrected chi connectivity index (χ0v) is 14.0. The molecular formula is C16H20N4O2S. The topological polar surface area (TPSA) is 58.6 Å². The Labute approximate surface area is 139 Å². The maximum absolute atomic E-state index is 12.4. The molecule has 0 saturated carbocycles. The highest BCUT2D eigenvalue weighted by Crippen LogP contribution is 2.29. The molecule has 0 spiro atoms. The number of nitrogens with zero attached hydrogens (tertiary/aromatic N) is 4. The van der Waals surface area contributed by atoms with Crippen LogP contribution in [0.1, 0.15) is 18.7 Å². The lowest BCUT2D eigenvalue weighted by Gasteiger charge is -2.36. The number of hydrogen-bond donors (Lipinski definition) is 0. The first-order valence-corrected chi connectivity index (χ1v) is 8.97. The molecule has 1 amide bonds. The lowest BCUT2D eigenvalue weighted by atomic mass is 10.2. The molecule has 2 aromatic heterocycles. The van der Waals surface area contributed by atoms with Gasteiger partial charge in [-0.3, -0.25) is 4.79 Å². The van der Waals surface area contributed by atoms with E-state index in [4.69, 9.17) is 4.74 Å². The Morgan fingerprint density at radius 3 is 2.87 bits per heavy atom. The van der Waals surface area contributed by atoms with E-state index in [1.807, 2.05) is 17.9 Å². The van der Waals surface area contributed by atoms with Gasteiger partial charge in [0, 0.05) is 32.8 Å². The van der Waals surface area contributed by atoms with Crippen LogP contribution in [0.3, 0.4) is 0 Å². The van der Waals surface area contributed by atoms with Gasteiger partial charge in [0.05, 0.1) is 10.2 Å². The third kappa shape index (κ3) is 2.79. The van der Waals surface area contributed by atoms with Crippen LogP contribution in [-0.4, -0.2) is 59.7 Å². The lowest BCUT2D eigenvalue weighted by Crippen LogP contribution is -2.51. The summed E-state index contributed by atoms with van der Waals surface area (Å²) in [6.45, 7) is 5.72. The van der Waals surface area contributed by atoms with E-state index in [9.17, 15) is 4.79 Å². The summed E-state index contributed by atoms with van der Waals surface area (Å²) in [5.41, 5.74) is 1.01. The molecule has 2 fully saturated rings. The van der Waals surface area contributed by atoms with Crippen molar-refractivity contribution in [3.63, 3.8) is 0 Å². The van der Waals surface area contributed by atoms with Crippen LogP contribution in [0, 0.1) is 6.92 Å². The zero-order chi connectivity index (χ0) is 15.8. The highest BCUT2D eigenvalue weighted by molar-refractivity contribution is 7.17. The van der Waals surface area contributed by atoms with Crippen LogP contribution < -0.4 is 4.90 Å². The number of fused-ring (bicyclic) bond motifs is 1. The fourth-order valence-electron chi connectivity index (χ4n) is 3.29. The Balaban J connectivity index is 1.48. The summed E-state index contributed by atoms with van der Waals surface area (Å²) in [5.74, 6) is 1.96. The number of piperazine rings is 1. The number of aromatic nitrogens is 2. The highest BCUT2D eigenvalue weighted by atomic mass is 32.1. The van der Waals surface area contributed by atoms with Crippen molar-refractivity contribution in [2.45, 2.75) is 25.9 Å². The van der Waals surface area contributed by atoms with Crippen molar-refractivity contribution < 1.29 is 9.53 Å². The number of anilines is 1. The third-order valence-corrected chi connectivity index (χ3v) is 5.39. The first-order valence-electron chi connectivity index (χ1n) is 8.09. The Morgan fingerprint density at radius 1 is 1.30 bits per heavy atom. The molecule has 1 atom stereocenters. The van der Waals surface area contributed by atoms with Gasteiger partial charge in [0.2, 0.25) is 0 Å². The Kier molecular flexibility index (Phi) is 3.90. The van der Waals surface area contributed by atoms with Gasteiger partial charge in [0.25, 0.3) is 5.91 Å². The monoisotopic (exact) mass is 332 g/mol.